The van der Waals surface area contributed by atoms with Gasteiger partial charge in [-0.2, -0.15) is 5.10 Å². The summed E-state index contributed by atoms with van der Waals surface area (Å²) in [4.78, 5) is 11.8. The van der Waals surface area contributed by atoms with Crippen molar-refractivity contribution in [2.75, 3.05) is 11.9 Å². The summed E-state index contributed by atoms with van der Waals surface area (Å²) in [6, 6.07) is 0.162. The molecule has 90 valence electrons. The van der Waals surface area contributed by atoms with E-state index in [1.165, 1.54) is 4.68 Å². The van der Waals surface area contributed by atoms with Gasteiger partial charge in [-0.25, -0.2) is 4.68 Å². The monoisotopic (exact) mass is 288 g/mol. The van der Waals surface area contributed by atoms with Gasteiger partial charge in [-0.05, 0) is 29.3 Å². The normalized spacial score (nSPS) is 12.5. The van der Waals surface area contributed by atoms with Crippen molar-refractivity contribution in [3.63, 3.8) is 0 Å². The lowest BCUT2D eigenvalue weighted by atomic mass is 10.2. The van der Waals surface area contributed by atoms with Crippen LogP contribution in [0.15, 0.2) is 15.5 Å². The van der Waals surface area contributed by atoms with Crippen LogP contribution in [0.3, 0.4) is 0 Å². The molecular formula is C10H17BrN4O. The fraction of sp³-hybridized carbons (Fsp3) is 0.600. The number of halogens is 1. The van der Waals surface area contributed by atoms with Crippen LogP contribution in [0, 0.1) is 0 Å². The van der Waals surface area contributed by atoms with E-state index in [2.05, 4.69) is 26.3 Å². The van der Waals surface area contributed by atoms with Crippen molar-refractivity contribution >= 4 is 21.6 Å². The second kappa shape index (κ2) is 6.00. The summed E-state index contributed by atoms with van der Waals surface area (Å²) in [5, 5.41) is 7.24. The van der Waals surface area contributed by atoms with Gasteiger partial charge in [0.05, 0.1) is 11.9 Å². The molecule has 1 unspecified atom stereocenters. The molecule has 6 heteroatoms. The molecular weight excluding hydrogens is 272 g/mol. The van der Waals surface area contributed by atoms with E-state index in [1.54, 1.807) is 6.20 Å². The quantitative estimate of drug-likeness (QED) is 0.853. The number of rotatable bonds is 5. The van der Waals surface area contributed by atoms with Gasteiger partial charge in [0.1, 0.15) is 4.47 Å². The van der Waals surface area contributed by atoms with E-state index in [0.717, 1.165) is 6.42 Å². The Labute approximate surface area is 103 Å². The highest BCUT2D eigenvalue weighted by atomic mass is 79.9. The van der Waals surface area contributed by atoms with Crippen molar-refractivity contribution in [2.24, 2.45) is 5.73 Å². The average Bonchev–Trinajstić information content (AvgIpc) is 2.31. The maximum Gasteiger partial charge on any atom is 0.283 e. The second-order valence-corrected chi connectivity index (χ2v) is 4.27. The fourth-order valence-corrected chi connectivity index (χ4v) is 1.76. The van der Waals surface area contributed by atoms with Crippen LogP contribution in [-0.2, 0) is 6.54 Å². The third-order valence-corrected chi connectivity index (χ3v) is 3.19. The molecule has 0 aliphatic rings. The highest BCUT2D eigenvalue weighted by Crippen LogP contribution is 2.17. The first kappa shape index (κ1) is 13.2. The molecule has 1 rings (SSSR count). The molecule has 1 aromatic heterocycles. The smallest absolute Gasteiger partial charge is 0.283 e. The SMILES string of the molecule is CCC(CN)Nc1cnn(CC)c(=O)c1Br. The maximum atomic E-state index is 11.8. The minimum absolute atomic E-state index is 0.126. The first-order valence-corrected chi connectivity index (χ1v) is 6.15. The number of hydrogen-bond acceptors (Lipinski definition) is 4. The largest absolute Gasteiger partial charge is 0.379 e. The molecule has 0 fully saturated rings. The topological polar surface area (TPSA) is 72.9 Å². The Morgan fingerprint density at radius 3 is 2.81 bits per heavy atom. The van der Waals surface area contributed by atoms with E-state index in [1.807, 2.05) is 13.8 Å². The van der Waals surface area contributed by atoms with Crippen molar-refractivity contribution < 1.29 is 0 Å². The zero-order valence-electron chi connectivity index (χ0n) is 9.53. The van der Waals surface area contributed by atoms with E-state index in [9.17, 15) is 4.79 Å². The van der Waals surface area contributed by atoms with Gasteiger partial charge >= 0.3 is 0 Å². The van der Waals surface area contributed by atoms with Crippen molar-refractivity contribution in [2.45, 2.75) is 32.9 Å². The molecule has 0 aromatic carbocycles. The molecule has 16 heavy (non-hydrogen) atoms. The minimum Gasteiger partial charge on any atom is -0.379 e. The van der Waals surface area contributed by atoms with Gasteiger partial charge in [0.15, 0.2) is 0 Å². The molecule has 1 heterocycles. The Balaban J connectivity index is 2.99. The Hall–Kier alpha value is -0.880. The summed E-state index contributed by atoms with van der Waals surface area (Å²) in [5.74, 6) is 0. The highest BCUT2D eigenvalue weighted by Gasteiger charge is 2.10. The molecule has 0 spiro atoms. The molecule has 0 aliphatic carbocycles. The predicted octanol–water partition coefficient (Wildman–Crippen LogP) is 1.17. The average molecular weight is 289 g/mol. The van der Waals surface area contributed by atoms with Crippen LogP contribution in [0.1, 0.15) is 20.3 Å². The van der Waals surface area contributed by atoms with Crippen LogP contribution in [0.5, 0.6) is 0 Å². The van der Waals surface area contributed by atoms with Gasteiger partial charge in [-0.15, -0.1) is 0 Å². The summed E-state index contributed by atoms with van der Waals surface area (Å²) >= 11 is 3.28. The van der Waals surface area contributed by atoms with Crippen LogP contribution < -0.4 is 16.6 Å². The lowest BCUT2D eigenvalue weighted by molar-refractivity contribution is 0.610. The van der Waals surface area contributed by atoms with Crippen molar-refractivity contribution in [1.29, 1.82) is 0 Å². The number of nitrogens with one attached hydrogen (secondary N) is 1. The summed E-state index contributed by atoms with van der Waals surface area (Å²) in [6.07, 6.45) is 2.55. The number of nitrogens with zero attached hydrogens (tertiary/aromatic N) is 2. The molecule has 1 aromatic rings. The standard InChI is InChI=1S/C10H17BrN4O/c1-3-7(5-12)14-8-6-13-15(4-2)10(16)9(8)11/h6-7,14H,3-5,12H2,1-2H3. The van der Waals surface area contributed by atoms with Gasteiger partial charge in [0.25, 0.3) is 5.56 Å². The van der Waals surface area contributed by atoms with Gasteiger partial charge in [-0.3, -0.25) is 4.79 Å². The third-order valence-electron chi connectivity index (χ3n) is 2.42. The minimum atomic E-state index is -0.126. The van der Waals surface area contributed by atoms with E-state index < -0.39 is 0 Å². The first-order chi connectivity index (χ1) is 7.63. The number of nitrogens with two attached hydrogens (primary N) is 1. The highest BCUT2D eigenvalue weighted by molar-refractivity contribution is 9.10. The molecule has 0 bridgehead atoms. The summed E-state index contributed by atoms with van der Waals surface area (Å²) in [5.41, 5.74) is 6.17. The molecule has 0 aliphatic heterocycles. The summed E-state index contributed by atoms with van der Waals surface area (Å²) in [7, 11) is 0. The van der Waals surface area contributed by atoms with E-state index in [4.69, 9.17) is 5.73 Å². The lowest BCUT2D eigenvalue weighted by Gasteiger charge is -2.17. The van der Waals surface area contributed by atoms with Crippen LogP contribution >= 0.6 is 15.9 Å². The third kappa shape index (κ3) is 2.82. The number of aryl methyl sites for hydroxylation is 1. The zero-order chi connectivity index (χ0) is 12.1. The molecule has 0 saturated heterocycles. The van der Waals surface area contributed by atoms with Crippen LogP contribution in [-0.4, -0.2) is 22.4 Å². The number of hydrogen-bond donors (Lipinski definition) is 2. The first-order valence-electron chi connectivity index (χ1n) is 5.36. The summed E-state index contributed by atoms with van der Waals surface area (Å²) in [6.45, 7) is 5.01. The molecule has 1 atom stereocenters. The Morgan fingerprint density at radius 1 is 1.62 bits per heavy atom. The second-order valence-electron chi connectivity index (χ2n) is 3.48. The van der Waals surface area contributed by atoms with Gasteiger partial charge in [0.2, 0.25) is 0 Å². The molecule has 0 saturated carbocycles. The van der Waals surface area contributed by atoms with Gasteiger partial charge in [0, 0.05) is 19.1 Å². The van der Waals surface area contributed by atoms with E-state index in [0.29, 0.717) is 23.2 Å². The van der Waals surface area contributed by atoms with E-state index >= 15 is 0 Å². The molecule has 0 radical (unpaired) electrons. The Morgan fingerprint density at radius 2 is 2.31 bits per heavy atom. The Bertz CT molecular complexity index is 400. The zero-order valence-corrected chi connectivity index (χ0v) is 11.1. The fourth-order valence-electron chi connectivity index (χ4n) is 1.34. The number of anilines is 1. The van der Waals surface area contributed by atoms with Gasteiger partial charge in [-0.1, -0.05) is 6.92 Å². The van der Waals surface area contributed by atoms with Crippen LogP contribution in [0.25, 0.3) is 0 Å². The van der Waals surface area contributed by atoms with Crippen molar-refractivity contribution in [3.05, 3.63) is 21.0 Å². The van der Waals surface area contributed by atoms with Crippen molar-refractivity contribution in [3.8, 4) is 0 Å². The lowest BCUT2D eigenvalue weighted by Crippen LogP contribution is -2.30. The predicted molar refractivity (Wildman–Crippen MR) is 68.6 cm³/mol. The molecule has 0 amide bonds. The Kier molecular flexibility index (Phi) is 4.95. The van der Waals surface area contributed by atoms with E-state index in [-0.39, 0.29) is 11.6 Å². The maximum absolute atomic E-state index is 11.8. The van der Waals surface area contributed by atoms with Gasteiger partial charge < -0.3 is 11.1 Å². The molecule has 3 N–H and O–H groups in total. The van der Waals surface area contributed by atoms with Crippen molar-refractivity contribution in [1.82, 2.24) is 9.78 Å². The summed E-state index contributed by atoms with van der Waals surface area (Å²) < 4.78 is 1.91. The number of aromatic nitrogens is 2. The van der Waals surface area contributed by atoms with Crippen LogP contribution in [0.2, 0.25) is 0 Å². The molecule has 5 nitrogen and oxygen atoms in total. The van der Waals surface area contributed by atoms with Crippen LogP contribution in [0.4, 0.5) is 5.69 Å².